The van der Waals surface area contributed by atoms with Crippen LogP contribution in [0, 0.1) is 12.8 Å². The summed E-state index contributed by atoms with van der Waals surface area (Å²) in [6, 6.07) is 3.86. The third-order valence-corrected chi connectivity index (χ3v) is 5.84. The summed E-state index contributed by atoms with van der Waals surface area (Å²) in [6.45, 7) is 4.60. The van der Waals surface area contributed by atoms with E-state index in [1.807, 2.05) is 31.1 Å². The Bertz CT molecular complexity index is 735. The molecule has 2 aliphatic heterocycles. The Hall–Kier alpha value is -1.46. The van der Waals surface area contributed by atoms with Crippen molar-refractivity contribution in [2.24, 2.45) is 0 Å². The molecule has 2 aliphatic rings. The number of fused-ring (bicyclic) bond motifs is 1. The molecule has 1 saturated heterocycles. The van der Waals surface area contributed by atoms with Crippen LogP contribution in [0.1, 0.15) is 12.5 Å². The topological polar surface area (TPSA) is 55.9 Å². The molecule has 0 aromatic heterocycles. The molecule has 0 aliphatic carbocycles. The number of piperazine rings is 1. The van der Waals surface area contributed by atoms with Gasteiger partial charge in [-0.15, -0.1) is 12.8 Å². The van der Waals surface area contributed by atoms with E-state index in [0.29, 0.717) is 24.7 Å². The summed E-state index contributed by atoms with van der Waals surface area (Å²) in [4.78, 5) is 2.23. The van der Waals surface area contributed by atoms with Crippen LogP contribution in [0.5, 0.6) is 0 Å². The van der Waals surface area contributed by atoms with Crippen LogP contribution in [0.25, 0.3) is 0 Å². The number of sulfonamides is 1. The summed E-state index contributed by atoms with van der Waals surface area (Å²) in [5, 5.41) is 2.70. The zero-order chi connectivity index (χ0) is 18.1. The van der Waals surface area contributed by atoms with Crippen LogP contribution in [0.3, 0.4) is 0 Å². The van der Waals surface area contributed by atoms with E-state index in [-0.39, 0.29) is 6.04 Å². The zero-order valence-corrected chi connectivity index (χ0v) is 15.7. The number of hydrogen-bond donors (Lipinski definition) is 1. The van der Waals surface area contributed by atoms with Crippen LogP contribution < -0.4 is 10.3 Å². The molecule has 3 rings (SSSR count). The van der Waals surface area contributed by atoms with Gasteiger partial charge in [0.05, 0.1) is 11.9 Å². The first-order chi connectivity index (χ1) is 11.3. The molecule has 1 atom stereocenters. The van der Waals surface area contributed by atoms with E-state index in [9.17, 15) is 8.42 Å². The number of hydrogen-bond acceptors (Lipinski definition) is 5. The van der Waals surface area contributed by atoms with Gasteiger partial charge < -0.3 is 10.3 Å². The van der Waals surface area contributed by atoms with Crippen molar-refractivity contribution in [1.82, 2.24) is 9.31 Å². The Kier molecular flexibility index (Phi) is 5.66. The van der Waals surface area contributed by atoms with Gasteiger partial charge >= 0.3 is 0 Å². The molecule has 0 spiro atoms. The molecule has 0 bridgehead atoms. The van der Waals surface area contributed by atoms with E-state index in [0.717, 1.165) is 17.9 Å². The normalized spacial score (nSPS) is 21.6. The Balaban J connectivity index is 0.00000100. The highest BCUT2D eigenvalue weighted by Crippen LogP contribution is 2.37. The van der Waals surface area contributed by atoms with Gasteiger partial charge in [-0.05, 0) is 19.1 Å². The van der Waals surface area contributed by atoms with Crippen LogP contribution in [0.15, 0.2) is 12.1 Å². The van der Waals surface area contributed by atoms with Crippen molar-refractivity contribution in [3.63, 3.8) is 0 Å². The predicted octanol–water partition coefficient (Wildman–Crippen LogP) is 1.83. The molecule has 8 heteroatoms. The zero-order valence-electron chi connectivity index (χ0n) is 14.2. The Labute approximate surface area is 149 Å². The van der Waals surface area contributed by atoms with Crippen LogP contribution in [0.2, 0.25) is 5.02 Å². The molecule has 0 radical (unpaired) electrons. The van der Waals surface area contributed by atoms with Gasteiger partial charge in [0.15, 0.2) is 0 Å². The van der Waals surface area contributed by atoms with Crippen molar-refractivity contribution in [2.45, 2.75) is 19.5 Å². The van der Waals surface area contributed by atoms with Gasteiger partial charge in [-0.25, -0.2) is 13.4 Å². The van der Waals surface area contributed by atoms with E-state index >= 15 is 0 Å². The summed E-state index contributed by atoms with van der Waals surface area (Å²) in [7, 11) is -1.16. The van der Waals surface area contributed by atoms with Crippen molar-refractivity contribution in [3.05, 3.63) is 22.7 Å². The molecule has 0 saturated carbocycles. The smallest absolute Gasteiger partial charge is 0.211 e. The van der Waals surface area contributed by atoms with Gasteiger partial charge in [0.2, 0.25) is 10.0 Å². The van der Waals surface area contributed by atoms with Gasteiger partial charge in [-0.2, -0.15) is 4.31 Å². The van der Waals surface area contributed by atoms with E-state index in [1.165, 1.54) is 11.8 Å². The monoisotopic (exact) mass is 370 g/mol. The number of anilines is 2. The van der Waals surface area contributed by atoms with Gasteiger partial charge in [0.25, 0.3) is 0 Å². The van der Waals surface area contributed by atoms with E-state index < -0.39 is 10.0 Å². The molecule has 24 heavy (non-hydrogen) atoms. The van der Waals surface area contributed by atoms with Crippen molar-refractivity contribution >= 4 is 33.0 Å². The fraction of sp³-hybridized carbons (Fsp3) is 0.500. The van der Waals surface area contributed by atoms with Gasteiger partial charge in [-0.3, -0.25) is 0 Å². The lowest BCUT2D eigenvalue weighted by atomic mass is 10.1. The van der Waals surface area contributed by atoms with Crippen molar-refractivity contribution in [3.8, 4) is 12.8 Å². The largest absolute Gasteiger partial charge is 0.368 e. The lowest BCUT2D eigenvalue weighted by Gasteiger charge is -2.40. The highest BCUT2D eigenvalue weighted by molar-refractivity contribution is 7.88. The third kappa shape index (κ3) is 3.78. The fourth-order valence-electron chi connectivity index (χ4n) is 3.31. The molecule has 0 amide bonds. The quantitative estimate of drug-likeness (QED) is 0.805. The van der Waals surface area contributed by atoms with E-state index in [2.05, 4.69) is 23.2 Å². The van der Waals surface area contributed by atoms with E-state index in [1.54, 1.807) is 4.31 Å². The Morgan fingerprint density at radius 2 is 1.96 bits per heavy atom. The average Bonchev–Trinajstić information content (AvgIpc) is 2.87. The lowest BCUT2D eigenvalue weighted by molar-refractivity contribution is 0.308. The van der Waals surface area contributed by atoms with Gasteiger partial charge in [-0.1, -0.05) is 11.6 Å². The number of nitrogens with zero attached hydrogens (tertiary/aromatic N) is 3. The molecule has 132 valence electrons. The average molecular weight is 371 g/mol. The summed E-state index contributed by atoms with van der Waals surface area (Å²) in [5.74, 6) is 0. The SMILES string of the molecule is C#C.C[C@@H]1CN(c2cc(Cl)cc3c2CN(C)N3)CCN1S(C)(=O)=O. The second kappa shape index (κ2) is 7.19. The molecular formula is C16H23ClN4O2S. The second-order valence-corrected chi connectivity index (χ2v) is 8.46. The highest BCUT2D eigenvalue weighted by Gasteiger charge is 2.32. The first kappa shape index (κ1) is 18.9. The van der Waals surface area contributed by atoms with Crippen LogP contribution in [-0.2, 0) is 16.6 Å². The molecule has 1 aromatic rings. The van der Waals surface area contributed by atoms with Crippen molar-refractivity contribution in [1.29, 1.82) is 0 Å². The maximum atomic E-state index is 11.8. The number of nitrogens with one attached hydrogen (secondary N) is 1. The maximum Gasteiger partial charge on any atom is 0.211 e. The number of hydrazine groups is 1. The first-order valence-electron chi connectivity index (χ1n) is 7.61. The number of benzene rings is 1. The van der Waals surface area contributed by atoms with Gasteiger partial charge in [0.1, 0.15) is 0 Å². The summed E-state index contributed by atoms with van der Waals surface area (Å²) in [5.41, 5.74) is 6.62. The van der Waals surface area contributed by atoms with Crippen molar-refractivity contribution in [2.75, 3.05) is 43.3 Å². The number of halogens is 1. The Morgan fingerprint density at radius 1 is 1.29 bits per heavy atom. The molecule has 0 unspecified atom stereocenters. The van der Waals surface area contributed by atoms with Crippen LogP contribution >= 0.6 is 11.6 Å². The lowest BCUT2D eigenvalue weighted by Crippen LogP contribution is -2.53. The van der Waals surface area contributed by atoms with Crippen LogP contribution in [0.4, 0.5) is 11.4 Å². The summed E-state index contributed by atoms with van der Waals surface area (Å²) >= 11 is 6.24. The molecule has 1 aromatic carbocycles. The standard InChI is InChI=1S/C14H21ClN4O2S.C2H2/c1-10-8-18(4-5-19(10)22(3,20)21)14-7-11(15)6-13-12(14)9-17(2)16-13;1-2/h6-7,10,16H,4-5,8-9H2,1-3H3;1-2H/t10-;/m1./s1. The Morgan fingerprint density at radius 3 is 2.54 bits per heavy atom. The molecular weight excluding hydrogens is 348 g/mol. The second-order valence-electron chi connectivity index (χ2n) is 6.09. The number of rotatable bonds is 2. The molecule has 2 heterocycles. The predicted molar refractivity (Wildman–Crippen MR) is 99.7 cm³/mol. The molecule has 1 fully saturated rings. The third-order valence-electron chi connectivity index (χ3n) is 4.23. The summed E-state index contributed by atoms with van der Waals surface area (Å²) in [6.07, 6.45) is 9.27. The molecule has 6 nitrogen and oxygen atoms in total. The fourth-order valence-corrected chi connectivity index (χ4v) is 4.65. The minimum atomic E-state index is -3.15. The van der Waals surface area contributed by atoms with Crippen molar-refractivity contribution < 1.29 is 8.42 Å². The van der Waals surface area contributed by atoms with E-state index in [4.69, 9.17) is 11.6 Å². The number of terminal acetylenes is 1. The van der Waals surface area contributed by atoms with Crippen LogP contribution in [-0.4, -0.2) is 56.7 Å². The highest BCUT2D eigenvalue weighted by atomic mass is 35.5. The van der Waals surface area contributed by atoms with Gasteiger partial charge in [0, 0.05) is 55.5 Å². The minimum Gasteiger partial charge on any atom is -0.368 e. The first-order valence-corrected chi connectivity index (χ1v) is 9.83. The summed E-state index contributed by atoms with van der Waals surface area (Å²) < 4.78 is 25.2. The maximum absolute atomic E-state index is 11.8. The minimum absolute atomic E-state index is 0.0505. The molecule has 1 N–H and O–H groups in total.